The lowest BCUT2D eigenvalue weighted by molar-refractivity contribution is -0.274. The number of alkyl halides is 3. The largest absolute Gasteiger partial charge is 0.573 e. The van der Waals surface area contributed by atoms with Crippen LogP contribution in [0, 0.1) is 0 Å². The van der Waals surface area contributed by atoms with E-state index in [1.165, 1.54) is 12.1 Å². The first kappa shape index (κ1) is 24.2. The van der Waals surface area contributed by atoms with Crippen molar-refractivity contribution in [3.05, 3.63) is 89.5 Å². The third-order valence-electron chi connectivity index (χ3n) is 6.24. The quantitative estimate of drug-likeness (QED) is 0.301. The molecule has 1 atom stereocenters. The maximum Gasteiger partial charge on any atom is 0.573 e. The third-order valence-corrected chi connectivity index (χ3v) is 6.24. The minimum atomic E-state index is -4.87. The number of ether oxygens (including phenoxy) is 2. The molecule has 1 fully saturated rings. The summed E-state index contributed by atoms with van der Waals surface area (Å²) in [5.41, 5.74) is 1.62. The zero-order chi connectivity index (χ0) is 26.3. The number of halogens is 3. The average molecular weight is 510 g/mol. The van der Waals surface area contributed by atoms with E-state index < -0.39 is 29.8 Å². The highest BCUT2D eigenvalue weighted by molar-refractivity contribution is 6.51. The van der Waals surface area contributed by atoms with Crippen molar-refractivity contribution in [3.63, 3.8) is 0 Å². The highest BCUT2D eigenvalue weighted by Crippen LogP contribution is 2.43. The predicted molar refractivity (Wildman–Crippen MR) is 130 cm³/mol. The lowest BCUT2D eigenvalue weighted by Gasteiger charge is -2.28. The molecule has 0 aliphatic carbocycles. The molecule has 5 rings (SSSR count). The van der Waals surface area contributed by atoms with Gasteiger partial charge in [0.2, 0.25) is 0 Å². The fraction of sp³-hybridized carbons (Fsp3) is 0.185. The Bertz CT molecular complexity index is 1390. The number of anilines is 2. The second kappa shape index (κ2) is 9.20. The summed E-state index contributed by atoms with van der Waals surface area (Å²) in [6, 6.07) is 17.2. The zero-order valence-corrected chi connectivity index (χ0v) is 19.5. The molecule has 37 heavy (non-hydrogen) atoms. The molecule has 10 heteroatoms. The van der Waals surface area contributed by atoms with Gasteiger partial charge in [-0.2, -0.15) is 0 Å². The maximum absolute atomic E-state index is 13.3. The Kier molecular flexibility index (Phi) is 6.02. The molecule has 0 aromatic heterocycles. The molecule has 0 bridgehead atoms. The number of aliphatic hydroxyl groups excluding tert-OH is 1. The maximum atomic E-state index is 13.3. The van der Waals surface area contributed by atoms with Crippen LogP contribution in [0.4, 0.5) is 24.5 Å². The van der Waals surface area contributed by atoms with Crippen molar-refractivity contribution in [1.29, 1.82) is 0 Å². The minimum absolute atomic E-state index is 0.133. The van der Waals surface area contributed by atoms with Crippen molar-refractivity contribution >= 4 is 28.8 Å². The second-order valence-electron chi connectivity index (χ2n) is 8.57. The topological polar surface area (TPSA) is 79.3 Å². The van der Waals surface area contributed by atoms with Gasteiger partial charge >= 0.3 is 6.36 Å². The van der Waals surface area contributed by atoms with Gasteiger partial charge in [-0.15, -0.1) is 13.2 Å². The number of aliphatic hydroxyl groups is 1. The molecule has 2 aliphatic heterocycles. The Balaban J connectivity index is 1.62. The summed E-state index contributed by atoms with van der Waals surface area (Å²) in [6.45, 7) is 1.15. The Morgan fingerprint density at radius 2 is 1.73 bits per heavy atom. The van der Waals surface area contributed by atoms with Gasteiger partial charge in [0, 0.05) is 18.3 Å². The summed E-state index contributed by atoms with van der Waals surface area (Å²) >= 11 is 0. The van der Waals surface area contributed by atoms with E-state index in [4.69, 9.17) is 4.74 Å². The number of rotatable bonds is 4. The number of hydrogen-bond acceptors (Lipinski definition) is 6. The van der Waals surface area contributed by atoms with E-state index in [1.807, 2.05) is 11.9 Å². The average Bonchev–Trinajstić information content (AvgIpc) is 3.14. The van der Waals surface area contributed by atoms with Crippen LogP contribution in [0.15, 0.2) is 78.4 Å². The molecule has 1 amide bonds. The van der Waals surface area contributed by atoms with Crippen LogP contribution >= 0.6 is 0 Å². The van der Waals surface area contributed by atoms with Gasteiger partial charge in [0.15, 0.2) is 0 Å². The summed E-state index contributed by atoms with van der Waals surface area (Å²) < 4.78 is 47.3. The summed E-state index contributed by atoms with van der Waals surface area (Å²) in [5.74, 6) is -2.04. The molecular weight excluding hydrogens is 489 g/mol. The molecule has 7 nitrogen and oxygen atoms in total. The Morgan fingerprint density at radius 3 is 2.41 bits per heavy atom. The van der Waals surface area contributed by atoms with Gasteiger partial charge in [-0.05, 0) is 48.0 Å². The van der Waals surface area contributed by atoms with Gasteiger partial charge in [0.25, 0.3) is 11.7 Å². The van der Waals surface area contributed by atoms with Gasteiger partial charge in [0.05, 0.1) is 23.8 Å². The fourth-order valence-corrected chi connectivity index (χ4v) is 4.51. The second-order valence-corrected chi connectivity index (χ2v) is 8.57. The van der Waals surface area contributed by atoms with Crippen LogP contribution in [0.1, 0.15) is 17.2 Å². The molecule has 190 valence electrons. The van der Waals surface area contributed by atoms with Crippen LogP contribution in [0.5, 0.6) is 11.5 Å². The minimum Gasteiger partial charge on any atom is -0.507 e. The molecule has 1 N–H and O–H groups in total. The van der Waals surface area contributed by atoms with Crippen molar-refractivity contribution < 1.29 is 37.3 Å². The number of hydrogen-bond donors (Lipinski definition) is 1. The van der Waals surface area contributed by atoms with Gasteiger partial charge in [0.1, 0.15) is 23.9 Å². The Labute approximate surface area is 209 Å². The Morgan fingerprint density at radius 1 is 1.03 bits per heavy atom. The fourth-order valence-electron chi connectivity index (χ4n) is 4.51. The Hall–Kier alpha value is -4.47. The van der Waals surface area contributed by atoms with Crippen molar-refractivity contribution in [1.82, 2.24) is 0 Å². The van der Waals surface area contributed by atoms with Crippen LogP contribution in [-0.4, -0.2) is 43.4 Å². The SMILES string of the molecule is CN1CCOc2ccc(/C(O)=C3/C(=O)C(=O)N(c4ccc(OC(F)(F)F)cc4)C3c3ccccc3)cc21. The molecule has 2 aliphatic rings. The molecule has 0 spiro atoms. The molecule has 0 radical (unpaired) electrons. The molecule has 1 unspecified atom stereocenters. The first-order chi connectivity index (χ1) is 17.6. The summed E-state index contributed by atoms with van der Waals surface area (Å²) in [7, 11) is 1.88. The van der Waals surface area contributed by atoms with E-state index in [2.05, 4.69) is 4.74 Å². The van der Waals surface area contributed by atoms with Crippen LogP contribution in [0.3, 0.4) is 0 Å². The van der Waals surface area contributed by atoms with Crippen molar-refractivity contribution in [2.24, 2.45) is 0 Å². The van der Waals surface area contributed by atoms with E-state index in [0.717, 1.165) is 22.7 Å². The van der Waals surface area contributed by atoms with Crippen molar-refractivity contribution in [3.8, 4) is 11.5 Å². The number of amides is 1. The number of likely N-dealkylation sites (N-methyl/N-ethyl adjacent to an activating group) is 1. The summed E-state index contributed by atoms with van der Waals surface area (Å²) in [6.07, 6.45) is -4.87. The molecule has 2 heterocycles. The monoisotopic (exact) mass is 510 g/mol. The first-order valence-electron chi connectivity index (χ1n) is 11.3. The van der Waals surface area contributed by atoms with Crippen molar-refractivity contribution in [2.45, 2.75) is 12.4 Å². The van der Waals surface area contributed by atoms with Crippen LogP contribution in [0.2, 0.25) is 0 Å². The van der Waals surface area contributed by atoms with Crippen LogP contribution in [0.25, 0.3) is 5.76 Å². The number of benzene rings is 3. The smallest absolute Gasteiger partial charge is 0.507 e. The first-order valence-corrected chi connectivity index (χ1v) is 11.3. The normalized spacial score (nSPS) is 19.0. The van der Waals surface area contributed by atoms with Crippen LogP contribution in [-0.2, 0) is 9.59 Å². The third kappa shape index (κ3) is 4.57. The van der Waals surface area contributed by atoms with Gasteiger partial charge in [-0.1, -0.05) is 30.3 Å². The van der Waals surface area contributed by atoms with E-state index in [9.17, 15) is 27.9 Å². The van der Waals surface area contributed by atoms with E-state index in [1.54, 1.807) is 48.5 Å². The standard InChI is InChI=1S/C27H21F3N2O5/c1-31-13-14-36-21-12-7-17(15-20(21)31)24(33)22-23(16-5-3-2-4-6-16)32(26(35)25(22)34)18-8-10-19(11-9-18)37-27(28,29)30/h2-12,15,23,33H,13-14H2,1H3/b24-22-. The number of ketones is 1. The lowest BCUT2D eigenvalue weighted by atomic mass is 9.95. The van der Waals surface area contributed by atoms with Gasteiger partial charge in [-0.25, -0.2) is 0 Å². The summed E-state index contributed by atoms with van der Waals surface area (Å²) in [5, 5.41) is 11.3. The lowest BCUT2D eigenvalue weighted by Crippen LogP contribution is -2.29. The number of Topliss-reactive ketones (excluding diaryl/α,β-unsaturated/α-hetero) is 1. The molecular formula is C27H21F3N2O5. The molecule has 3 aromatic rings. The van der Waals surface area contributed by atoms with Crippen LogP contribution < -0.4 is 19.3 Å². The molecule has 1 saturated heterocycles. The molecule has 0 saturated carbocycles. The van der Waals surface area contributed by atoms with Gasteiger partial charge < -0.3 is 19.5 Å². The van der Waals surface area contributed by atoms with E-state index in [0.29, 0.717) is 30.0 Å². The number of fused-ring (bicyclic) bond motifs is 1. The highest BCUT2D eigenvalue weighted by atomic mass is 19.4. The highest BCUT2D eigenvalue weighted by Gasteiger charge is 2.47. The predicted octanol–water partition coefficient (Wildman–Crippen LogP) is 5.04. The van der Waals surface area contributed by atoms with E-state index >= 15 is 0 Å². The number of carbonyl (C=O) groups excluding carboxylic acids is 2. The molecule has 3 aromatic carbocycles. The number of carbonyl (C=O) groups is 2. The number of nitrogens with zero attached hydrogens (tertiary/aromatic N) is 2. The zero-order valence-electron chi connectivity index (χ0n) is 19.5. The van der Waals surface area contributed by atoms with Gasteiger partial charge in [-0.3, -0.25) is 14.5 Å². The van der Waals surface area contributed by atoms with Crippen molar-refractivity contribution in [2.75, 3.05) is 30.0 Å². The van der Waals surface area contributed by atoms with E-state index in [-0.39, 0.29) is 17.0 Å². The summed E-state index contributed by atoms with van der Waals surface area (Å²) in [4.78, 5) is 29.6.